The van der Waals surface area contributed by atoms with Gasteiger partial charge in [0.1, 0.15) is 11.9 Å². The summed E-state index contributed by atoms with van der Waals surface area (Å²) in [5, 5.41) is 12.7. The van der Waals surface area contributed by atoms with Crippen LogP contribution in [0.25, 0.3) is 0 Å². The lowest BCUT2D eigenvalue weighted by molar-refractivity contribution is -0.122. The maximum Gasteiger partial charge on any atom is 0.256 e. The largest absolute Gasteiger partial charge is 0.342 e. The van der Waals surface area contributed by atoms with E-state index in [4.69, 9.17) is 4.99 Å². The smallest absolute Gasteiger partial charge is 0.256 e. The topological polar surface area (TPSA) is 128 Å². The van der Waals surface area contributed by atoms with E-state index in [9.17, 15) is 14.4 Å². The number of benzene rings is 1. The van der Waals surface area contributed by atoms with E-state index in [1.54, 1.807) is 23.2 Å². The lowest BCUT2D eigenvalue weighted by Crippen LogP contribution is -2.43. The van der Waals surface area contributed by atoms with Crippen LogP contribution in [0.5, 0.6) is 0 Å². The van der Waals surface area contributed by atoms with Crippen molar-refractivity contribution in [3.8, 4) is 0 Å². The SMILES string of the molecule is CC1C=C(NC(=O)[C@@H]2CCCN2)C=C2NC(c3ccc(NC(=O)[C@@H]4CCCN4C(=O)c4cccnc4)cc3)=NC21. The number of aromatic nitrogens is 1. The third-order valence-corrected chi connectivity index (χ3v) is 7.90. The van der Waals surface area contributed by atoms with Gasteiger partial charge in [-0.3, -0.25) is 24.4 Å². The van der Waals surface area contributed by atoms with Crippen LogP contribution >= 0.6 is 0 Å². The van der Waals surface area contributed by atoms with Gasteiger partial charge in [0.25, 0.3) is 5.91 Å². The molecule has 2 aromatic rings. The van der Waals surface area contributed by atoms with E-state index in [0.717, 1.165) is 48.6 Å². The van der Waals surface area contributed by atoms with Gasteiger partial charge in [0, 0.05) is 47.5 Å². The average Bonchev–Trinajstić information content (AvgIpc) is 3.75. The molecule has 4 heterocycles. The van der Waals surface area contributed by atoms with E-state index in [0.29, 0.717) is 24.2 Å². The lowest BCUT2D eigenvalue weighted by atomic mass is 9.93. The van der Waals surface area contributed by atoms with Gasteiger partial charge < -0.3 is 26.2 Å². The Morgan fingerprint density at radius 1 is 1.02 bits per heavy atom. The number of anilines is 1. The fraction of sp³-hybridized carbons (Fsp3) is 0.367. The maximum absolute atomic E-state index is 13.1. The molecule has 0 spiro atoms. The summed E-state index contributed by atoms with van der Waals surface area (Å²) in [6.45, 7) is 3.52. The number of hydrogen-bond acceptors (Lipinski definition) is 7. The van der Waals surface area contributed by atoms with Gasteiger partial charge in [-0.2, -0.15) is 0 Å². The predicted molar refractivity (Wildman–Crippen MR) is 151 cm³/mol. The van der Waals surface area contributed by atoms with E-state index in [-0.39, 0.29) is 35.7 Å². The number of aliphatic imine (C=N–C) groups is 1. The molecule has 3 aliphatic heterocycles. The molecule has 0 bridgehead atoms. The molecule has 40 heavy (non-hydrogen) atoms. The number of nitrogens with zero attached hydrogens (tertiary/aromatic N) is 3. The zero-order valence-electron chi connectivity index (χ0n) is 22.4. The van der Waals surface area contributed by atoms with Crippen LogP contribution in [0.3, 0.4) is 0 Å². The van der Waals surface area contributed by atoms with Gasteiger partial charge in [0.2, 0.25) is 11.8 Å². The molecule has 1 aliphatic carbocycles. The highest BCUT2D eigenvalue weighted by Crippen LogP contribution is 2.29. The highest BCUT2D eigenvalue weighted by molar-refractivity contribution is 6.03. The Labute approximate surface area is 233 Å². The van der Waals surface area contributed by atoms with Crippen molar-refractivity contribution >= 4 is 29.2 Å². The Bertz CT molecular complexity index is 1390. The summed E-state index contributed by atoms with van der Waals surface area (Å²) in [7, 11) is 0. The fourth-order valence-corrected chi connectivity index (χ4v) is 5.80. The van der Waals surface area contributed by atoms with E-state index in [1.807, 2.05) is 30.3 Å². The van der Waals surface area contributed by atoms with Gasteiger partial charge in [0.05, 0.1) is 17.6 Å². The van der Waals surface area contributed by atoms with Crippen LogP contribution in [-0.4, -0.2) is 64.7 Å². The van der Waals surface area contributed by atoms with Gasteiger partial charge in [-0.15, -0.1) is 0 Å². The molecule has 2 saturated heterocycles. The van der Waals surface area contributed by atoms with Crippen molar-refractivity contribution in [2.24, 2.45) is 10.9 Å². The first-order valence-electron chi connectivity index (χ1n) is 13.9. The standard InChI is InChI=1S/C30H33N7O3/c1-18-15-22(34-28(38)23-6-3-13-32-23)16-24-26(18)36-27(35-24)19-8-10-21(11-9-19)33-29(39)25-7-4-14-37(25)30(40)20-5-2-12-31-17-20/h2,5,8-12,15-18,23,25-26,32H,3-4,6-7,13-14H2,1H3,(H,33,39)(H,34,38)(H,35,36)/t18?,23-,25-,26?/m0/s1. The Kier molecular flexibility index (Phi) is 7.17. The fourth-order valence-electron chi connectivity index (χ4n) is 5.80. The summed E-state index contributed by atoms with van der Waals surface area (Å²) >= 11 is 0. The molecule has 10 nitrogen and oxygen atoms in total. The zero-order chi connectivity index (χ0) is 27.6. The van der Waals surface area contributed by atoms with Crippen LogP contribution in [0, 0.1) is 5.92 Å². The number of likely N-dealkylation sites (tertiary alicyclic amines) is 1. The normalized spacial score (nSPS) is 25.3. The summed E-state index contributed by atoms with van der Waals surface area (Å²) in [6.07, 6.45) is 10.4. The minimum atomic E-state index is -0.517. The van der Waals surface area contributed by atoms with Crippen LogP contribution < -0.4 is 21.3 Å². The molecular weight excluding hydrogens is 506 g/mol. The third-order valence-electron chi connectivity index (χ3n) is 7.90. The average molecular weight is 540 g/mol. The number of amides is 3. The number of carbonyl (C=O) groups is 3. The number of amidine groups is 1. The van der Waals surface area contributed by atoms with Crippen molar-refractivity contribution in [3.63, 3.8) is 0 Å². The van der Waals surface area contributed by atoms with Gasteiger partial charge in [-0.1, -0.05) is 13.0 Å². The van der Waals surface area contributed by atoms with Gasteiger partial charge in [0.15, 0.2) is 0 Å². The van der Waals surface area contributed by atoms with Crippen molar-refractivity contribution in [2.45, 2.75) is 50.7 Å². The highest BCUT2D eigenvalue weighted by atomic mass is 16.2. The van der Waals surface area contributed by atoms with Crippen molar-refractivity contribution in [3.05, 3.63) is 83.5 Å². The molecule has 6 rings (SSSR count). The molecule has 4 N–H and O–H groups in total. The maximum atomic E-state index is 13.1. The number of fused-ring (bicyclic) bond motifs is 1. The van der Waals surface area contributed by atoms with Crippen molar-refractivity contribution in [1.29, 1.82) is 0 Å². The molecule has 2 fully saturated rings. The molecule has 1 aromatic carbocycles. The zero-order valence-corrected chi connectivity index (χ0v) is 22.4. The van der Waals surface area contributed by atoms with E-state index in [2.05, 4.69) is 39.3 Å². The quantitative estimate of drug-likeness (QED) is 0.446. The van der Waals surface area contributed by atoms with Crippen molar-refractivity contribution in [2.75, 3.05) is 18.4 Å². The monoisotopic (exact) mass is 539 g/mol. The molecular formula is C30H33N7O3. The number of hydrogen-bond donors (Lipinski definition) is 4. The number of rotatable bonds is 6. The predicted octanol–water partition coefficient (Wildman–Crippen LogP) is 2.33. The van der Waals surface area contributed by atoms with Gasteiger partial charge in [-0.25, -0.2) is 0 Å². The van der Waals surface area contributed by atoms with Gasteiger partial charge in [-0.05, 0) is 74.7 Å². The number of pyridine rings is 1. The number of carbonyl (C=O) groups excluding carboxylic acids is 3. The highest BCUT2D eigenvalue weighted by Gasteiger charge is 2.35. The van der Waals surface area contributed by atoms with Crippen LogP contribution in [0.2, 0.25) is 0 Å². The minimum Gasteiger partial charge on any atom is -0.342 e. The van der Waals surface area contributed by atoms with Crippen LogP contribution in [-0.2, 0) is 9.59 Å². The Morgan fingerprint density at radius 2 is 1.88 bits per heavy atom. The van der Waals surface area contributed by atoms with Crippen molar-refractivity contribution < 1.29 is 14.4 Å². The molecule has 0 saturated carbocycles. The Morgan fingerprint density at radius 3 is 2.62 bits per heavy atom. The molecule has 4 aliphatic rings. The third kappa shape index (κ3) is 5.27. The number of allylic oxidation sites excluding steroid dienone is 1. The summed E-state index contributed by atoms with van der Waals surface area (Å²) in [5.41, 5.74) is 3.79. The molecule has 0 radical (unpaired) electrons. The summed E-state index contributed by atoms with van der Waals surface area (Å²) in [4.78, 5) is 49.1. The Balaban J connectivity index is 1.08. The number of nitrogens with one attached hydrogen (secondary N) is 4. The van der Waals surface area contributed by atoms with E-state index >= 15 is 0 Å². The summed E-state index contributed by atoms with van der Waals surface area (Å²) < 4.78 is 0. The molecule has 4 atom stereocenters. The van der Waals surface area contributed by atoms with E-state index in [1.165, 1.54) is 6.20 Å². The molecule has 3 amide bonds. The lowest BCUT2D eigenvalue weighted by Gasteiger charge is -2.24. The first kappa shape index (κ1) is 25.9. The molecule has 206 valence electrons. The van der Waals surface area contributed by atoms with Gasteiger partial charge >= 0.3 is 0 Å². The van der Waals surface area contributed by atoms with Crippen LogP contribution in [0.4, 0.5) is 5.69 Å². The molecule has 1 aromatic heterocycles. The van der Waals surface area contributed by atoms with E-state index < -0.39 is 6.04 Å². The second kappa shape index (κ2) is 11.1. The van der Waals surface area contributed by atoms with Crippen LogP contribution in [0.15, 0.2) is 77.3 Å². The molecule has 10 heteroatoms. The summed E-state index contributed by atoms with van der Waals surface area (Å²) in [6, 6.07) is 10.3. The minimum absolute atomic E-state index is 0.00481. The Hall–Kier alpha value is -4.31. The second-order valence-electron chi connectivity index (χ2n) is 10.7. The second-order valence-corrected chi connectivity index (χ2v) is 10.7. The van der Waals surface area contributed by atoms with Crippen molar-refractivity contribution in [1.82, 2.24) is 25.8 Å². The van der Waals surface area contributed by atoms with Crippen LogP contribution in [0.1, 0.15) is 48.5 Å². The molecule has 2 unspecified atom stereocenters. The first-order valence-corrected chi connectivity index (χ1v) is 13.9. The summed E-state index contributed by atoms with van der Waals surface area (Å²) in [5.74, 6) is 0.508. The first-order chi connectivity index (χ1) is 19.5.